The topological polar surface area (TPSA) is 107 Å². The number of nitrogens with one attached hydrogen (secondary N) is 1. The fourth-order valence-corrected chi connectivity index (χ4v) is 5.21. The molecule has 3 aromatic heterocycles. The van der Waals surface area contributed by atoms with E-state index >= 15 is 0 Å². The van der Waals surface area contributed by atoms with Gasteiger partial charge < -0.3 is 4.74 Å². The first-order valence-electron chi connectivity index (χ1n) is 10.7. The number of nitrogens with zero attached hydrogens (tertiary/aromatic N) is 4. The summed E-state index contributed by atoms with van der Waals surface area (Å²) < 4.78 is 61.0. The fourth-order valence-electron chi connectivity index (χ4n) is 3.88. The maximum Gasteiger partial charge on any atom is 0.264 e. The summed E-state index contributed by atoms with van der Waals surface area (Å²) in [7, 11) is -4.41. The van der Waals surface area contributed by atoms with Gasteiger partial charge in [-0.1, -0.05) is 11.6 Å². The molecule has 0 aliphatic heterocycles. The molecule has 0 spiro atoms. The Kier molecular flexibility index (Phi) is 6.20. The first kappa shape index (κ1) is 23.3. The van der Waals surface area contributed by atoms with Crippen molar-refractivity contribution < 1.29 is 21.9 Å². The smallest absolute Gasteiger partial charge is 0.264 e. The van der Waals surface area contributed by atoms with Crippen LogP contribution in [0.4, 0.5) is 14.5 Å². The molecule has 4 aromatic rings. The third-order valence-corrected chi connectivity index (χ3v) is 7.29. The highest BCUT2D eigenvalue weighted by atomic mass is 35.5. The second kappa shape index (κ2) is 9.31. The van der Waals surface area contributed by atoms with Crippen molar-refractivity contribution in [2.45, 2.75) is 36.7 Å². The van der Waals surface area contributed by atoms with E-state index in [9.17, 15) is 17.2 Å². The Labute approximate surface area is 204 Å². The molecule has 1 aliphatic rings. The average molecular weight is 518 g/mol. The SMILES string of the molecule is O=S(=O)(Nc1cc(-c2ccc3ncnc(OC4CCCC4)c3n2)cnc1Cl)c1ccc(F)cc1F. The van der Waals surface area contributed by atoms with Crippen LogP contribution >= 0.6 is 11.6 Å². The van der Waals surface area contributed by atoms with Crippen molar-refractivity contribution in [3.05, 3.63) is 65.7 Å². The quantitative estimate of drug-likeness (QED) is 0.353. The van der Waals surface area contributed by atoms with Crippen LogP contribution in [0.15, 0.2) is 53.8 Å². The van der Waals surface area contributed by atoms with E-state index in [1.54, 1.807) is 12.1 Å². The number of benzene rings is 1. The number of rotatable bonds is 6. The second-order valence-corrected chi connectivity index (χ2v) is 10.0. The zero-order valence-electron chi connectivity index (χ0n) is 18.1. The highest BCUT2D eigenvalue weighted by Crippen LogP contribution is 2.31. The van der Waals surface area contributed by atoms with E-state index in [4.69, 9.17) is 16.3 Å². The van der Waals surface area contributed by atoms with Crippen LogP contribution in [0.2, 0.25) is 5.15 Å². The molecule has 0 atom stereocenters. The Morgan fingerprint density at radius 2 is 1.83 bits per heavy atom. The monoisotopic (exact) mass is 517 g/mol. The van der Waals surface area contributed by atoms with E-state index in [1.165, 1.54) is 18.6 Å². The molecule has 180 valence electrons. The van der Waals surface area contributed by atoms with Gasteiger partial charge >= 0.3 is 0 Å². The third-order valence-electron chi connectivity index (χ3n) is 5.59. The standard InChI is InChI=1S/C23H18ClF2N5O3S/c24-22-19(31-35(32,33)20-8-5-14(25)10-16(20)26)9-13(11-27-22)17-6-7-18-21(30-17)23(29-12-28-18)34-15-3-1-2-4-15/h5-12,15,31H,1-4H2. The minimum atomic E-state index is -4.41. The average Bonchev–Trinajstić information content (AvgIpc) is 3.33. The first-order valence-corrected chi connectivity index (χ1v) is 12.6. The number of hydrogen-bond acceptors (Lipinski definition) is 7. The number of anilines is 1. The molecule has 0 amide bonds. The van der Waals surface area contributed by atoms with Gasteiger partial charge in [-0.2, -0.15) is 4.98 Å². The predicted molar refractivity (Wildman–Crippen MR) is 126 cm³/mol. The van der Waals surface area contributed by atoms with Crippen LogP contribution in [0.1, 0.15) is 25.7 Å². The van der Waals surface area contributed by atoms with Crippen LogP contribution < -0.4 is 9.46 Å². The molecule has 0 saturated heterocycles. The highest BCUT2D eigenvalue weighted by molar-refractivity contribution is 7.92. The van der Waals surface area contributed by atoms with Crippen molar-refractivity contribution in [1.29, 1.82) is 0 Å². The fraction of sp³-hybridized carbons (Fsp3) is 0.217. The van der Waals surface area contributed by atoms with Gasteiger partial charge in [0.15, 0.2) is 10.7 Å². The number of aromatic nitrogens is 4. The van der Waals surface area contributed by atoms with Crippen LogP contribution in [0.5, 0.6) is 5.88 Å². The number of sulfonamides is 1. The second-order valence-electron chi connectivity index (χ2n) is 8.01. The highest BCUT2D eigenvalue weighted by Gasteiger charge is 2.22. The molecule has 12 heteroatoms. The molecule has 3 heterocycles. The predicted octanol–water partition coefficient (Wildman–Crippen LogP) is 5.14. The first-order chi connectivity index (χ1) is 16.8. The lowest BCUT2D eigenvalue weighted by molar-refractivity contribution is 0.204. The van der Waals surface area contributed by atoms with E-state index in [0.29, 0.717) is 34.2 Å². The minimum absolute atomic E-state index is 0.0728. The van der Waals surface area contributed by atoms with Gasteiger partial charge in [-0.05, 0) is 56.0 Å². The molecular weight excluding hydrogens is 500 g/mol. The maximum atomic E-state index is 14.1. The number of ether oxygens (including phenoxy) is 1. The summed E-state index contributed by atoms with van der Waals surface area (Å²) in [6.07, 6.45) is 7.01. The van der Waals surface area contributed by atoms with Crippen LogP contribution in [-0.4, -0.2) is 34.5 Å². The van der Waals surface area contributed by atoms with E-state index in [2.05, 4.69) is 24.7 Å². The molecule has 5 rings (SSSR count). The Morgan fingerprint density at radius 3 is 2.60 bits per heavy atom. The number of pyridine rings is 2. The molecule has 0 bridgehead atoms. The molecule has 8 nitrogen and oxygen atoms in total. The molecule has 1 fully saturated rings. The lowest BCUT2D eigenvalue weighted by Gasteiger charge is -2.14. The van der Waals surface area contributed by atoms with E-state index in [1.807, 2.05) is 0 Å². The van der Waals surface area contributed by atoms with E-state index < -0.39 is 26.6 Å². The lowest BCUT2D eigenvalue weighted by Crippen LogP contribution is -2.15. The van der Waals surface area contributed by atoms with Gasteiger partial charge in [0.05, 0.1) is 16.9 Å². The zero-order chi connectivity index (χ0) is 24.6. The summed E-state index contributed by atoms with van der Waals surface area (Å²) in [4.78, 5) is 16.4. The summed E-state index contributed by atoms with van der Waals surface area (Å²) in [5, 5.41) is -0.158. The molecule has 1 N–H and O–H groups in total. The normalized spacial score (nSPS) is 14.4. The van der Waals surface area contributed by atoms with Crippen LogP contribution in [0, 0.1) is 11.6 Å². The summed E-state index contributed by atoms with van der Waals surface area (Å²) in [5.74, 6) is -1.76. The van der Waals surface area contributed by atoms with Gasteiger partial charge in [0.2, 0.25) is 5.88 Å². The van der Waals surface area contributed by atoms with Gasteiger partial charge in [-0.3, -0.25) is 4.72 Å². The van der Waals surface area contributed by atoms with Crippen molar-refractivity contribution in [1.82, 2.24) is 19.9 Å². The lowest BCUT2D eigenvalue weighted by atomic mass is 10.1. The van der Waals surface area contributed by atoms with Crippen molar-refractivity contribution in [3.8, 4) is 17.1 Å². The van der Waals surface area contributed by atoms with Crippen LogP contribution in [-0.2, 0) is 10.0 Å². The number of hydrogen-bond donors (Lipinski definition) is 1. The Balaban J connectivity index is 1.49. The van der Waals surface area contributed by atoms with Gasteiger partial charge in [-0.25, -0.2) is 32.2 Å². The molecular formula is C23H18ClF2N5O3S. The van der Waals surface area contributed by atoms with E-state index in [0.717, 1.165) is 37.8 Å². The van der Waals surface area contributed by atoms with Crippen LogP contribution in [0.25, 0.3) is 22.3 Å². The molecule has 0 unspecified atom stereocenters. The maximum absolute atomic E-state index is 14.1. The summed E-state index contributed by atoms with van der Waals surface area (Å²) in [5.41, 5.74) is 1.83. The molecule has 0 radical (unpaired) electrons. The summed E-state index contributed by atoms with van der Waals surface area (Å²) in [6, 6.07) is 7.01. The number of halogens is 3. The van der Waals surface area contributed by atoms with Gasteiger partial charge in [0.1, 0.15) is 29.0 Å². The molecule has 1 aromatic carbocycles. The summed E-state index contributed by atoms with van der Waals surface area (Å²) in [6.45, 7) is 0. The third kappa shape index (κ3) is 4.87. The molecule has 1 saturated carbocycles. The zero-order valence-corrected chi connectivity index (χ0v) is 19.7. The van der Waals surface area contributed by atoms with Crippen molar-refractivity contribution in [3.63, 3.8) is 0 Å². The van der Waals surface area contributed by atoms with Gasteiger partial charge in [-0.15, -0.1) is 0 Å². The van der Waals surface area contributed by atoms with Crippen molar-refractivity contribution in [2.24, 2.45) is 0 Å². The Morgan fingerprint density at radius 1 is 1.03 bits per heavy atom. The largest absolute Gasteiger partial charge is 0.473 e. The van der Waals surface area contributed by atoms with E-state index in [-0.39, 0.29) is 16.9 Å². The van der Waals surface area contributed by atoms with Gasteiger partial charge in [0, 0.05) is 17.8 Å². The Bertz CT molecular complexity index is 1530. The Hall–Kier alpha value is -3.44. The summed E-state index contributed by atoms with van der Waals surface area (Å²) >= 11 is 6.11. The van der Waals surface area contributed by atoms with Crippen molar-refractivity contribution in [2.75, 3.05) is 4.72 Å². The van der Waals surface area contributed by atoms with Crippen LogP contribution in [0.3, 0.4) is 0 Å². The number of fused-ring (bicyclic) bond motifs is 1. The minimum Gasteiger partial charge on any atom is -0.473 e. The van der Waals surface area contributed by atoms with Crippen molar-refractivity contribution >= 4 is 38.3 Å². The molecule has 1 aliphatic carbocycles. The molecule has 35 heavy (non-hydrogen) atoms. The van der Waals surface area contributed by atoms with Gasteiger partial charge in [0.25, 0.3) is 10.0 Å².